The molecule has 1 rings (SSSR count). The molecule has 0 heterocycles. The van der Waals surface area contributed by atoms with Crippen LogP contribution in [-0.4, -0.2) is 34.3 Å². The molecule has 1 aromatic rings. The summed E-state index contributed by atoms with van der Waals surface area (Å²) in [6, 6.07) is 7.52. The summed E-state index contributed by atoms with van der Waals surface area (Å²) in [5.74, 6) is 0.293. The highest BCUT2D eigenvalue weighted by atomic mass is 16.3. The fourth-order valence-corrected chi connectivity index (χ4v) is 1.96. The second-order valence-electron chi connectivity index (χ2n) is 4.42. The van der Waals surface area contributed by atoms with Gasteiger partial charge in [0.15, 0.2) is 0 Å². The first-order valence-electron chi connectivity index (χ1n) is 6.29. The molecule has 0 amide bonds. The first kappa shape index (κ1) is 14.0. The molecule has 3 nitrogen and oxygen atoms in total. The monoisotopic (exact) mass is 237 g/mol. The Morgan fingerprint density at radius 2 is 2.00 bits per heavy atom. The van der Waals surface area contributed by atoms with Gasteiger partial charge in [0, 0.05) is 12.6 Å². The van der Waals surface area contributed by atoms with Gasteiger partial charge in [-0.05, 0) is 37.6 Å². The fraction of sp³-hybridized carbons (Fsp3) is 0.571. The summed E-state index contributed by atoms with van der Waals surface area (Å²) in [7, 11) is 0. The standard InChI is InChI=1S/C14H23NO2/c1-4-13(16)10-15(5-2)11(3)12-7-6-8-14(17)9-12/h6-9,11,13,16-17H,4-5,10H2,1-3H3/t11-,13+/m1/s1. The van der Waals surface area contributed by atoms with Crippen molar-refractivity contribution in [2.24, 2.45) is 0 Å². The zero-order valence-electron chi connectivity index (χ0n) is 10.9. The zero-order chi connectivity index (χ0) is 12.8. The summed E-state index contributed by atoms with van der Waals surface area (Å²) >= 11 is 0. The molecule has 0 saturated carbocycles. The predicted molar refractivity (Wildman–Crippen MR) is 70.1 cm³/mol. The third-order valence-corrected chi connectivity index (χ3v) is 3.22. The van der Waals surface area contributed by atoms with Crippen molar-refractivity contribution in [3.63, 3.8) is 0 Å². The van der Waals surface area contributed by atoms with E-state index in [1.54, 1.807) is 12.1 Å². The summed E-state index contributed by atoms with van der Waals surface area (Å²) in [4.78, 5) is 2.21. The van der Waals surface area contributed by atoms with Gasteiger partial charge in [-0.3, -0.25) is 4.90 Å². The maximum absolute atomic E-state index is 9.72. The summed E-state index contributed by atoms with van der Waals surface area (Å²) in [6.45, 7) is 7.72. The minimum Gasteiger partial charge on any atom is -0.508 e. The van der Waals surface area contributed by atoms with Crippen LogP contribution in [0.25, 0.3) is 0 Å². The largest absolute Gasteiger partial charge is 0.508 e. The molecule has 0 radical (unpaired) electrons. The van der Waals surface area contributed by atoms with Crippen molar-refractivity contribution >= 4 is 0 Å². The SMILES string of the molecule is CC[C@H](O)CN(CC)[C@H](C)c1cccc(O)c1. The molecule has 96 valence electrons. The molecule has 0 fully saturated rings. The Labute approximate surface area is 104 Å². The summed E-state index contributed by atoms with van der Waals surface area (Å²) in [6.07, 6.45) is 0.484. The number of aliphatic hydroxyl groups is 1. The molecule has 3 heteroatoms. The number of aliphatic hydroxyl groups excluding tert-OH is 1. The van der Waals surface area contributed by atoms with Crippen molar-refractivity contribution in [3.05, 3.63) is 29.8 Å². The molecule has 0 saturated heterocycles. The Morgan fingerprint density at radius 1 is 1.29 bits per heavy atom. The van der Waals surface area contributed by atoms with E-state index in [0.717, 1.165) is 18.5 Å². The van der Waals surface area contributed by atoms with Crippen molar-refractivity contribution in [1.29, 1.82) is 0 Å². The quantitative estimate of drug-likeness (QED) is 0.799. The van der Waals surface area contributed by atoms with E-state index in [4.69, 9.17) is 0 Å². The van der Waals surface area contributed by atoms with Gasteiger partial charge in [-0.2, -0.15) is 0 Å². The Morgan fingerprint density at radius 3 is 2.53 bits per heavy atom. The zero-order valence-corrected chi connectivity index (χ0v) is 10.9. The molecule has 0 spiro atoms. The van der Waals surface area contributed by atoms with Crippen molar-refractivity contribution in [2.45, 2.75) is 39.3 Å². The average molecular weight is 237 g/mol. The molecule has 2 N–H and O–H groups in total. The Bertz CT molecular complexity index is 341. The number of hydrogen-bond acceptors (Lipinski definition) is 3. The second kappa shape index (κ2) is 6.62. The molecule has 17 heavy (non-hydrogen) atoms. The van der Waals surface area contributed by atoms with E-state index < -0.39 is 0 Å². The van der Waals surface area contributed by atoms with Crippen LogP contribution in [0.3, 0.4) is 0 Å². The van der Waals surface area contributed by atoms with Crippen LogP contribution in [0.4, 0.5) is 0 Å². The highest BCUT2D eigenvalue weighted by Crippen LogP contribution is 2.23. The third-order valence-electron chi connectivity index (χ3n) is 3.22. The van der Waals surface area contributed by atoms with Crippen LogP contribution in [0.2, 0.25) is 0 Å². The van der Waals surface area contributed by atoms with Crippen molar-refractivity contribution in [3.8, 4) is 5.75 Å². The first-order chi connectivity index (χ1) is 8.08. The second-order valence-corrected chi connectivity index (χ2v) is 4.42. The molecule has 0 aliphatic rings. The minimum atomic E-state index is -0.283. The number of phenols is 1. The van der Waals surface area contributed by atoms with Crippen LogP contribution in [0.5, 0.6) is 5.75 Å². The van der Waals surface area contributed by atoms with Crippen LogP contribution < -0.4 is 0 Å². The van der Waals surface area contributed by atoms with Crippen LogP contribution in [0, 0.1) is 0 Å². The summed E-state index contributed by atoms with van der Waals surface area (Å²) in [5, 5.41) is 19.2. The molecule has 0 aliphatic carbocycles. The number of rotatable bonds is 6. The van der Waals surface area contributed by atoms with E-state index >= 15 is 0 Å². The van der Waals surface area contributed by atoms with E-state index in [-0.39, 0.29) is 12.1 Å². The predicted octanol–water partition coefficient (Wildman–Crippen LogP) is 2.55. The smallest absolute Gasteiger partial charge is 0.115 e. The van der Waals surface area contributed by atoms with Crippen LogP contribution >= 0.6 is 0 Å². The molecule has 0 bridgehead atoms. The van der Waals surface area contributed by atoms with E-state index in [0.29, 0.717) is 12.3 Å². The van der Waals surface area contributed by atoms with Gasteiger partial charge in [0.05, 0.1) is 6.10 Å². The Kier molecular flexibility index (Phi) is 5.45. The van der Waals surface area contributed by atoms with E-state index in [9.17, 15) is 10.2 Å². The number of hydrogen-bond donors (Lipinski definition) is 2. The molecule has 0 aliphatic heterocycles. The number of benzene rings is 1. The molecular formula is C14H23NO2. The lowest BCUT2D eigenvalue weighted by molar-refractivity contribution is 0.0918. The van der Waals surface area contributed by atoms with Gasteiger partial charge < -0.3 is 10.2 Å². The van der Waals surface area contributed by atoms with Gasteiger partial charge in [0.25, 0.3) is 0 Å². The third kappa shape index (κ3) is 4.02. The Balaban J connectivity index is 2.75. The number of likely N-dealkylation sites (N-methyl/N-ethyl adjacent to an activating group) is 1. The summed E-state index contributed by atoms with van der Waals surface area (Å²) < 4.78 is 0. The maximum atomic E-state index is 9.72. The van der Waals surface area contributed by atoms with Gasteiger partial charge in [-0.1, -0.05) is 26.0 Å². The number of aromatic hydroxyl groups is 1. The van der Waals surface area contributed by atoms with Crippen LogP contribution in [0.1, 0.15) is 38.8 Å². The minimum absolute atomic E-state index is 0.202. The molecular weight excluding hydrogens is 214 g/mol. The van der Waals surface area contributed by atoms with Crippen molar-refractivity contribution in [1.82, 2.24) is 4.90 Å². The first-order valence-corrected chi connectivity index (χ1v) is 6.29. The lowest BCUT2D eigenvalue weighted by Gasteiger charge is -2.30. The van der Waals surface area contributed by atoms with Gasteiger partial charge in [0.2, 0.25) is 0 Å². The van der Waals surface area contributed by atoms with Crippen molar-refractivity contribution in [2.75, 3.05) is 13.1 Å². The maximum Gasteiger partial charge on any atom is 0.115 e. The number of phenolic OH excluding ortho intramolecular Hbond substituents is 1. The normalized spacial score (nSPS) is 14.9. The highest BCUT2D eigenvalue weighted by molar-refractivity contribution is 5.29. The van der Waals surface area contributed by atoms with Gasteiger partial charge >= 0.3 is 0 Å². The van der Waals surface area contributed by atoms with Crippen LogP contribution in [0.15, 0.2) is 24.3 Å². The van der Waals surface area contributed by atoms with E-state index in [1.165, 1.54) is 0 Å². The topological polar surface area (TPSA) is 43.7 Å². The van der Waals surface area contributed by atoms with E-state index in [2.05, 4.69) is 18.7 Å². The number of nitrogens with zero attached hydrogens (tertiary/aromatic N) is 1. The van der Waals surface area contributed by atoms with Crippen LogP contribution in [-0.2, 0) is 0 Å². The van der Waals surface area contributed by atoms with Crippen molar-refractivity contribution < 1.29 is 10.2 Å². The lowest BCUT2D eigenvalue weighted by atomic mass is 10.1. The van der Waals surface area contributed by atoms with E-state index in [1.807, 2.05) is 19.1 Å². The lowest BCUT2D eigenvalue weighted by Crippen LogP contribution is -2.34. The molecule has 0 aromatic heterocycles. The average Bonchev–Trinajstić information content (AvgIpc) is 2.34. The Hall–Kier alpha value is -1.06. The molecule has 0 unspecified atom stereocenters. The van der Waals surface area contributed by atoms with Gasteiger partial charge in [-0.15, -0.1) is 0 Å². The van der Waals surface area contributed by atoms with Gasteiger partial charge in [0.1, 0.15) is 5.75 Å². The summed E-state index contributed by atoms with van der Waals surface area (Å²) in [5.41, 5.74) is 1.08. The molecule has 1 aromatic carbocycles. The fourth-order valence-electron chi connectivity index (χ4n) is 1.96. The van der Waals surface area contributed by atoms with Gasteiger partial charge in [-0.25, -0.2) is 0 Å². The molecule has 2 atom stereocenters. The highest BCUT2D eigenvalue weighted by Gasteiger charge is 2.16.